The van der Waals surface area contributed by atoms with Crippen LogP contribution >= 0.6 is 0 Å². The Balaban J connectivity index is 1.76. The molecule has 0 aliphatic carbocycles. The Hall–Kier alpha value is -3.34. The van der Waals surface area contributed by atoms with Gasteiger partial charge in [-0.15, -0.1) is 0 Å². The molecule has 0 amide bonds. The predicted molar refractivity (Wildman–Crippen MR) is 110 cm³/mol. The molecule has 7 rings (SSSR count). The number of ketones is 1. The molecule has 0 radical (unpaired) electrons. The van der Waals surface area contributed by atoms with Crippen LogP contribution in [0, 0.1) is 0 Å². The van der Waals surface area contributed by atoms with Gasteiger partial charge in [0.05, 0.1) is 11.0 Å². The summed E-state index contributed by atoms with van der Waals surface area (Å²) in [7, 11) is 0. The smallest absolute Gasteiger partial charge is 0.258 e. The van der Waals surface area contributed by atoms with Gasteiger partial charge in [-0.25, -0.2) is 4.98 Å². The van der Waals surface area contributed by atoms with Crippen LogP contribution in [0.15, 0.2) is 48.5 Å². The molecule has 0 unspecified atom stereocenters. The molecule has 132 valence electrons. The molecule has 3 aliphatic heterocycles. The lowest BCUT2D eigenvalue weighted by Crippen LogP contribution is -2.63. The SMILES string of the molecule is [2H]C(C)(C)c1nc2ccc3c4c2n1-c1cccc2c1B4c1c(cccc1C3=O)O2. The molecule has 3 aliphatic rings. The van der Waals surface area contributed by atoms with Crippen molar-refractivity contribution in [1.82, 2.24) is 9.55 Å². The number of ether oxygens (including phenoxy) is 1. The van der Waals surface area contributed by atoms with Crippen molar-refractivity contribution in [3.63, 3.8) is 0 Å². The highest BCUT2D eigenvalue weighted by molar-refractivity contribution is 7.01. The molecule has 0 saturated heterocycles. The number of fused-ring (bicyclic) bond motifs is 1. The molecule has 3 aromatic carbocycles. The Kier molecular flexibility index (Phi) is 2.24. The Morgan fingerprint density at radius 1 is 1.00 bits per heavy atom. The topological polar surface area (TPSA) is 44.1 Å². The molecule has 1 aromatic heterocycles. The zero-order valence-electron chi connectivity index (χ0n) is 16.4. The van der Waals surface area contributed by atoms with E-state index in [1.165, 1.54) is 0 Å². The second-order valence-corrected chi connectivity index (χ2v) is 7.94. The van der Waals surface area contributed by atoms with E-state index in [1.54, 1.807) is 0 Å². The quantitative estimate of drug-likeness (QED) is 0.421. The Morgan fingerprint density at radius 3 is 2.57 bits per heavy atom. The number of carbonyl (C=O) groups excluding carboxylic acids is 1. The van der Waals surface area contributed by atoms with Gasteiger partial charge in [0.1, 0.15) is 17.3 Å². The minimum Gasteiger partial charge on any atom is -0.458 e. The molecule has 0 atom stereocenters. The summed E-state index contributed by atoms with van der Waals surface area (Å²) in [5.41, 5.74) is 7.22. The molecule has 0 N–H and O–H groups in total. The van der Waals surface area contributed by atoms with Crippen LogP contribution in [0.1, 0.15) is 42.9 Å². The van der Waals surface area contributed by atoms with Gasteiger partial charge in [-0.1, -0.05) is 32.0 Å². The van der Waals surface area contributed by atoms with Gasteiger partial charge in [-0.3, -0.25) is 9.36 Å². The van der Waals surface area contributed by atoms with Crippen LogP contribution < -0.4 is 21.1 Å². The van der Waals surface area contributed by atoms with Crippen LogP contribution in [-0.2, 0) is 0 Å². The third kappa shape index (κ3) is 1.45. The molecular formula is C23H15BN2O2. The van der Waals surface area contributed by atoms with E-state index in [9.17, 15) is 4.79 Å². The van der Waals surface area contributed by atoms with Crippen LogP contribution in [0.5, 0.6) is 11.5 Å². The Labute approximate surface area is 163 Å². The molecule has 28 heavy (non-hydrogen) atoms. The molecule has 4 nitrogen and oxygen atoms in total. The number of hydrogen-bond acceptors (Lipinski definition) is 3. The zero-order valence-corrected chi connectivity index (χ0v) is 15.4. The van der Waals surface area contributed by atoms with Gasteiger partial charge in [0, 0.05) is 24.1 Å². The number of rotatable bonds is 1. The number of carbonyl (C=O) groups is 1. The summed E-state index contributed by atoms with van der Waals surface area (Å²) < 4.78 is 17.0. The second-order valence-electron chi connectivity index (χ2n) is 7.94. The fourth-order valence-corrected chi connectivity index (χ4v) is 5.18. The monoisotopic (exact) mass is 363 g/mol. The largest absolute Gasteiger partial charge is 0.458 e. The summed E-state index contributed by atoms with van der Waals surface area (Å²) >= 11 is 0. The summed E-state index contributed by atoms with van der Waals surface area (Å²) in [5.74, 6) is 1.37. The minimum atomic E-state index is -0.890. The first-order valence-electron chi connectivity index (χ1n) is 10.00. The van der Waals surface area contributed by atoms with E-state index in [4.69, 9.17) is 11.1 Å². The fourth-order valence-electron chi connectivity index (χ4n) is 5.18. The maximum atomic E-state index is 13.4. The van der Waals surface area contributed by atoms with Gasteiger partial charge in [0.25, 0.3) is 6.71 Å². The van der Waals surface area contributed by atoms with Crippen LogP contribution in [-0.4, -0.2) is 22.0 Å². The summed E-state index contributed by atoms with van der Waals surface area (Å²) in [6, 6.07) is 15.6. The molecule has 5 heteroatoms. The van der Waals surface area contributed by atoms with E-state index in [1.807, 2.05) is 56.3 Å². The van der Waals surface area contributed by atoms with Crippen LogP contribution in [0.4, 0.5) is 0 Å². The van der Waals surface area contributed by atoms with Gasteiger partial charge < -0.3 is 4.74 Å². The minimum absolute atomic E-state index is 0.0286. The van der Waals surface area contributed by atoms with Crippen molar-refractivity contribution >= 4 is 39.9 Å². The van der Waals surface area contributed by atoms with Crippen molar-refractivity contribution in [3.05, 3.63) is 65.5 Å². The average Bonchev–Trinajstić information content (AvgIpc) is 3.10. The molecule has 0 saturated carbocycles. The second kappa shape index (κ2) is 4.55. The molecule has 4 heterocycles. The van der Waals surface area contributed by atoms with Crippen molar-refractivity contribution in [2.75, 3.05) is 0 Å². The predicted octanol–water partition coefficient (Wildman–Crippen LogP) is 2.63. The van der Waals surface area contributed by atoms with E-state index in [2.05, 4.69) is 10.6 Å². The standard InChI is InChI=1S/C23H15BN2O2/c1-11(2)23-25-14-10-9-13-19-21(14)26(23)15-6-4-8-17-20(15)24(19)18-12(22(13)27)5-3-7-16(18)28-17/h3-11H,1-2H3/i11D. The first-order chi connectivity index (χ1) is 13.9. The van der Waals surface area contributed by atoms with E-state index >= 15 is 0 Å². The van der Waals surface area contributed by atoms with Crippen molar-refractivity contribution in [2.24, 2.45) is 0 Å². The average molecular weight is 363 g/mol. The van der Waals surface area contributed by atoms with Crippen LogP contribution in [0.2, 0.25) is 0 Å². The third-order valence-corrected chi connectivity index (χ3v) is 6.23. The van der Waals surface area contributed by atoms with Gasteiger partial charge in [-0.05, 0) is 46.7 Å². The van der Waals surface area contributed by atoms with Crippen LogP contribution in [0.3, 0.4) is 0 Å². The molecule has 0 bridgehead atoms. The molecule has 4 aromatic rings. The van der Waals surface area contributed by atoms with Gasteiger partial charge in [0.15, 0.2) is 5.78 Å². The highest BCUT2D eigenvalue weighted by Gasteiger charge is 2.47. The Morgan fingerprint density at radius 2 is 1.75 bits per heavy atom. The molecular weight excluding hydrogens is 347 g/mol. The Bertz CT molecular complexity index is 1450. The van der Waals surface area contributed by atoms with Gasteiger partial charge in [0.2, 0.25) is 0 Å². The van der Waals surface area contributed by atoms with E-state index in [-0.39, 0.29) is 12.5 Å². The van der Waals surface area contributed by atoms with Crippen molar-refractivity contribution in [2.45, 2.75) is 19.7 Å². The van der Waals surface area contributed by atoms with E-state index < -0.39 is 5.89 Å². The van der Waals surface area contributed by atoms with Crippen molar-refractivity contribution in [3.8, 4) is 17.2 Å². The van der Waals surface area contributed by atoms with Gasteiger partial charge in [-0.2, -0.15) is 0 Å². The summed E-state index contributed by atoms with van der Waals surface area (Å²) in [6.07, 6.45) is 0. The zero-order chi connectivity index (χ0) is 19.7. The lowest BCUT2D eigenvalue weighted by atomic mass is 9.31. The molecule has 0 fully saturated rings. The number of aromatic nitrogens is 2. The molecule has 0 spiro atoms. The number of nitrogens with zero attached hydrogens (tertiary/aromatic N) is 2. The lowest BCUT2D eigenvalue weighted by molar-refractivity contribution is 0.104. The highest BCUT2D eigenvalue weighted by Crippen LogP contribution is 2.37. The van der Waals surface area contributed by atoms with E-state index in [0.717, 1.165) is 50.2 Å². The van der Waals surface area contributed by atoms with Crippen LogP contribution in [0.25, 0.3) is 16.7 Å². The van der Waals surface area contributed by atoms with Gasteiger partial charge >= 0.3 is 0 Å². The van der Waals surface area contributed by atoms with Crippen molar-refractivity contribution < 1.29 is 10.9 Å². The highest BCUT2D eigenvalue weighted by atomic mass is 16.5. The third-order valence-electron chi connectivity index (χ3n) is 6.23. The number of benzene rings is 3. The first kappa shape index (κ1) is 13.8. The first-order valence-corrected chi connectivity index (χ1v) is 9.50. The fraction of sp³-hybridized carbons (Fsp3) is 0.130. The summed E-state index contributed by atoms with van der Waals surface area (Å²) in [5, 5.41) is 0. The van der Waals surface area contributed by atoms with E-state index in [0.29, 0.717) is 11.4 Å². The summed E-state index contributed by atoms with van der Waals surface area (Å²) in [4.78, 5) is 18.2. The van der Waals surface area contributed by atoms with Crippen molar-refractivity contribution in [1.29, 1.82) is 0 Å². The normalized spacial score (nSPS) is 15.6. The summed E-state index contributed by atoms with van der Waals surface area (Å²) in [6.45, 7) is 3.64. The number of hydrogen-bond donors (Lipinski definition) is 0. The maximum Gasteiger partial charge on any atom is 0.258 e. The maximum absolute atomic E-state index is 13.4. The lowest BCUT2D eigenvalue weighted by Gasteiger charge is -2.37. The number of imidazole rings is 1.